The smallest absolute Gasteiger partial charge is 0.296 e. The van der Waals surface area contributed by atoms with Crippen LogP contribution in [0.25, 0.3) is 0 Å². The number of benzene rings is 1. The zero-order valence-electron chi connectivity index (χ0n) is 18.3. The standard InChI is InChI=1S/C24H20N6O4/c1-14(19(15-7-4-3-5-8-15)17-9-6-10-26-18(17)11-25)22-29-20(21(31)24(33)30(22)2)23(32)28-16-12-27-34-13-16/h3-10,12-14,19,31H,1-2H3,(H,28,32). The number of amides is 1. The van der Waals surface area contributed by atoms with E-state index in [1.54, 1.807) is 12.1 Å². The van der Waals surface area contributed by atoms with Crippen LogP contribution in [0.4, 0.5) is 5.69 Å². The first-order valence-electron chi connectivity index (χ1n) is 10.3. The molecule has 0 saturated carbocycles. The topological polar surface area (TPSA) is 147 Å². The second-order valence-electron chi connectivity index (χ2n) is 7.63. The fraction of sp³-hybridized carbons (Fsp3) is 0.167. The molecular formula is C24H20N6O4. The Bertz CT molecular complexity index is 1420. The van der Waals surface area contributed by atoms with Gasteiger partial charge in [-0.05, 0) is 17.2 Å². The van der Waals surface area contributed by atoms with E-state index in [1.165, 1.54) is 30.3 Å². The Morgan fingerprint density at radius 2 is 2.00 bits per heavy atom. The van der Waals surface area contributed by atoms with Crippen molar-refractivity contribution in [1.29, 1.82) is 5.26 Å². The van der Waals surface area contributed by atoms with E-state index in [2.05, 4.69) is 26.5 Å². The van der Waals surface area contributed by atoms with Crippen molar-refractivity contribution in [3.63, 3.8) is 0 Å². The van der Waals surface area contributed by atoms with E-state index in [0.29, 0.717) is 5.56 Å². The molecule has 4 aromatic rings. The van der Waals surface area contributed by atoms with Crippen LogP contribution in [0, 0.1) is 11.3 Å². The molecule has 0 fully saturated rings. The van der Waals surface area contributed by atoms with Crippen molar-refractivity contribution in [1.82, 2.24) is 19.7 Å². The van der Waals surface area contributed by atoms with Gasteiger partial charge in [0, 0.05) is 25.1 Å². The van der Waals surface area contributed by atoms with Crippen LogP contribution in [0.15, 0.2) is 70.4 Å². The Kier molecular flexibility index (Phi) is 6.18. The zero-order valence-corrected chi connectivity index (χ0v) is 18.3. The van der Waals surface area contributed by atoms with Crippen LogP contribution in [0.3, 0.4) is 0 Å². The molecule has 0 aliphatic heterocycles. The molecule has 170 valence electrons. The van der Waals surface area contributed by atoms with Crippen LogP contribution in [-0.4, -0.2) is 30.7 Å². The highest BCUT2D eigenvalue weighted by molar-refractivity contribution is 6.04. The van der Waals surface area contributed by atoms with Crippen molar-refractivity contribution < 1.29 is 14.4 Å². The van der Waals surface area contributed by atoms with Crippen molar-refractivity contribution in [2.24, 2.45) is 7.05 Å². The van der Waals surface area contributed by atoms with Crippen LogP contribution in [-0.2, 0) is 7.05 Å². The molecule has 2 atom stereocenters. The zero-order chi connectivity index (χ0) is 24.2. The summed E-state index contributed by atoms with van der Waals surface area (Å²) in [6.07, 6.45) is 4.02. The average molecular weight is 456 g/mol. The first-order chi connectivity index (χ1) is 16.4. The maximum atomic E-state index is 12.8. The third-order valence-electron chi connectivity index (χ3n) is 5.55. The van der Waals surface area contributed by atoms with Crippen LogP contribution in [0.5, 0.6) is 5.75 Å². The molecule has 0 bridgehead atoms. The first-order valence-corrected chi connectivity index (χ1v) is 10.3. The molecule has 0 aliphatic carbocycles. The Hall–Kier alpha value is -4.78. The molecule has 0 spiro atoms. The molecular weight excluding hydrogens is 436 g/mol. The molecule has 4 rings (SSSR count). The van der Waals surface area contributed by atoms with Gasteiger partial charge in [0.1, 0.15) is 29.5 Å². The first kappa shape index (κ1) is 22.4. The van der Waals surface area contributed by atoms with E-state index in [4.69, 9.17) is 4.52 Å². The monoisotopic (exact) mass is 456 g/mol. The van der Waals surface area contributed by atoms with Gasteiger partial charge in [-0.1, -0.05) is 48.5 Å². The molecule has 0 radical (unpaired) electrons. The molecule has 2 unspecified atom stereocenters. The van der Waals surface area contributed by atoms with Gasteiger partial charge >= 0.3 is 0 Å². The van der Waals surface area contributed by atoms with Crippen LogP contribution >= 0.6 is 0 Å². The Morgan fingerprint density at radius 1 is 1.24 bits per heavy atom. The fourth-order valence-corrected chi connectivity index (χ4v) is 3.94. The number of nitrogens with zero attached hydrogens (tertiary/aromatic N) is 5. The maximum absolute atomic E-state index is 12.8. The van der Waals surface area contributed by atoms with Gasteiger partial charge in [-0.2, -0.15) is 5.26 Å². The summed E-state index contributed by atoms with van der Waals surface area (Å²) in [5.74, 6) is -2.22. The molecule has 0 saturated heterocycles. The molecule has 1 amide bonds. The summed E-state index contributed by atoms with van der Waals surface area (Å²) in [7, 11) is 1.47. The lowest BCUT2D eigenvalue weighted by Gasteiger charge is -2.26. The lowest BCUT2D eigenvalue weighted by Crippen LogP contribution is -2.29. The summed E-state index contributed by atoms with van der Waals surface area (Å²) in [4.78, 5) is 34.2. The van der Waals surface area contributed by atoms with E-state index >= 15 is 0 Å². The third kappa shape index (κ3) is 4.14. The van der Waals surface area contributed by atoms with E-state index in [1.807, 2.05) is 37.3 Å². The molecule has 2 N–H and O–H groups in total. The van der Waals surface area contributed by atoms with Gasteiger partial charge in [0.25, 0.3) is 11.5 Å². The van der Waals surface area contributed by atoms with Crippen LogP contribution < -0.4 is 10.9 Å². The summed E-state index contributed by atoms with van der Waals surface area (Å²) in [6.45, 7) is 1.84. The average Bonchev–Trinajstić information content (AvgIpc) is 3.36. The van der Waals surface area contributed by atoms with Crippen molar-refractivity contribution in [3.05, 3.63) is 99.8 Å². The molecule has 3 heterocycles. The number of aromatic nitrogens is 4. The number of anilines is 1. The Balaban J connectivity index is 1.86. The number of hydrogen-bond acceptors (Lipinski definition) is 8. The second-order valence-corrected chi connectivity index (χ2v) is 7.63. The Labute approximate surface area is 194 Å². The quantitative estimate of drug-likeness (QED) is 0.450. The lowest BCUT2D eigenvalue weighted by atomic mass is 9.80. The van der Waals surface area contributed by atoms with Crippen LogP contribution in [0.2, 0.25) is 0 Å². The fourth-order valence-electron chi connectivity index (χ4n) is 3.94. The maximum Gasteiger partial charge on any atom is 0.296 e. The van der Waals surface area contributed by atoms with Gasteiger partial charge < -0.3 is 14.9 Å². The second kappa shape index (κ2) is 9.38. The minimum absolute atomic E-state index is 0.248. The number of pyridine rings is 1. The minimum atomic E-state index is -0.790. The lowest BCUT2D eigenvalue weighted by molar-refractivity contribution is 0.101. The SMILES string of the molecule is CC(c1nc(C(=O)Nc2cnoc2)c(O)c(=O)n1C)C(c1ccccc1)c1cccnc1C#N. The number of carbonyl (C=O) groups excluding carboxylic acids is 1. The van der Waals surface area contributed by atoms with Crippen molar-refractivity contribution in [2.75, 3.05) is 5.32 Å². The summed E-state index contributed by atoms with van der Waals surface area (Å²) >= 11 is 0. The summed E-state index contributed by atoms with van der Waals surface area (Å²) in [5, 5.41) is 26.0. The van der Waals surface area contributed by atoms with Crippen LogP contribution in [0.1, 0.15) is 51.9 Å². The summed E-state index contributed by atoms with van der Waals surface area (Å²) < 4.78 is 5.89. The molecule has 0 aliphatic rings. The highest BCUT2D eigenvalue weighted by Crippen LogP contribution is 2.38. The number of carbonyl (C=O) groups is 1. The number of nitriles is 1. The molecule has 10 nitrogen and oxygen atoms in total. The van der Waals surface area contributed by atoms with E-state index in [0.717, 1.165) is 5.56 Å². The minimum Gasteiger partial charge on any atom is -0.501 e. The van der Waals surface area contributed by atoms with Crippen molar-refractivity contribution in [2.45, 2.75) is 18.8 Å². The van der Waals surface area contributed by atoms with Gasteiger partial charge in [-0.3, -0.25) is 14.2 Å². The number of aromatic hydroxyl groups is 1. The predicted octanol–water partition coefficient (Wildman–Crippen LogP) is 2.93. The number of hydrogen-bond donors (Lipinski definition) is 2. The van der Waals surface area contributed by atoms with Gasteiger partial charge in [-0.15, -0.1) is 0 Å². The normalized spacial score (nSPS) is 12.5. The largest absolute Gasteiger partial charge is 0.501 e. The summed E-state index contributed by atoms with van der Waals surface area (Å²) in [6, 6.07) is 15.1. The van der Waals surface area contributed by atoms with E-state index in [-0.39, 0.29) is 17.2 Å². The van der Waals surface area contributed by atoms with E-state index < -0.39 is 34.7 Å². The molecule has 10 heteroatoms. The highest BCUT2D eigenvalue weighted by Gasteiger charge is 2.30. The highest BCUT2D eigenvalue weighted by atomic mass is 16.5. The molecule has 34 heavy (non-hydrogen) atoms. The van der Waals surface area contributed by atoms with Gasteiger partial charge in [0.2, 0.25) is 5.75 Å². The third-order valence-corrected chi connectivity index (χ3v) is 5.55. The van der Waals surface area contributed by atoms with Crippen molar-refractivity contribution in [3.8, 4) is 11.8 Å². The van der Waals surface area contributed by atoms with Crippen molar-refractivity contribution >= 4 is 11.6 Å². The molecule has 3 aromatic heterocycles. The van der Waals surface area contributed by atoms with Gasteiger partial charge in [0.15, 0.2) is 5.69 Å². The van der Waals surface area contributed by atoms with E-state index in [9.17, 15) is 20.0 Å². The van der Waals surface area contributed by atoms with Gasteiger partial charge in [-0.25, -0.2) is 9.97 Å². The molecule has 1 aromatic carbocycles. The Morgan fingerprint density at radius 3 is 2.68 bits per heavy atom. The number of nitrogens with one attached hydrogen (secondary N) is 1. The predicted molar refractivity (Wildman–Crippen MR) is 121 cm³/mol. The number of rotatable bonds is 6. The van der Waals surface area contributed by atoms with Gasteiger partial charge in [0.05, 0.1) is 6.20 Å². The summed E-state index contributed by atoms with van der Waals surface area (Å²) in [5.41, 5.74) is 0.823.